The zero-order valence-electron chi connectivity index (χ0n) is 15.3. The molecule has 24 heavy (non-hydrogen) atoms. The van der Waals surface area contributed by atoms with Crippen LogP contribution in [0.4, 0.5) is 4.79 Å². The maximum atomic E-state index is 11.7. The number of hydrogen-bond acceptors (Lipinski definition) is 6. The third kappa shape index (κ3) is 10.8. The predicted molar refractivity (Wildman–Crippen MR) is 88.5 cm³/mol. The first-order chi connectivity index (χ1) is 10.7. The van der Waals surface area contributed by atoms with E-state index in [4.69, 9.17) is 20.3 Å². The summed E-state index contributed by atoms with van der Waals surface area (Å²) in [5.74, 6) is -1.71. The van der Waals surface area contributed by atoms with Crippen LogP contribution in [-0.4, -0.2) is 46.4 Å². The molecule has 1 amide bonds. The minimum atomic E-state index is -1.17. The Labute approximate surface area is 143 Å². The molecule has 0 rings (SSSR count). The molecule has 0 fully saturated rings. The summed E-state index contributed by atoms with van der Waals surface area (Å²) in [5.41, 5.74) is 4.39. The fraction of sp³-hybridized carbons (Fsp3) is 0.812. The number of nitrogens with one attached hydrogen (secondary N) is 1. The van der Waals surface area contributed by atoms with Gasteiger partial charge in [-0.3, -0.25) is 4.79 Å². The van der Waals surface area contributed by atoms with Crippen LogP contribution in [0.1, 0.15) is 60.8 Å². The summed E-state index contributed by atoms with van der Waals surface area (Å²) in [6, 6.07) is -1.94. The fourth-order valence-corrected chi connectivity index (χ4v) is 1.74. The average Bonchev–Trinajstić information content (AvgIpc) is 2.32. The van der Waals surface area contributed by atoms with Gasteiger partial charge in [0.2, 0.25) is 0 Å². The summed E-state index contributed by atoms with van der Waals surface area (Å²) in [6.07, 6.45) is -0.0706. The molecule has 140 valence electrons. The van der Waals surface area contributed by atoms with Crippen LogP contribution in [0.15, 0.2) is 0 Å². The molecule has 0 aliphatic rings. The molecule has 0 spiro atoms. The van der Waals surface area contributed by atoms with E-state index in [9.17, 15) is 14.4 Å². The van der Waals surface area contributed by atoms with Crippen LogP contribution in [-0.2, 0) is 19.1 Å². The van der Waals surface area contributed by atoms with Gasteiger partial charge in [0.25, 0.3) is 0 Å². The van der Waals surface area contributed by atoms with Crippen molar-refractivity contribution < 1.29 is 29.0 Å². The summed E-state index contributed by atoms with van der Waals surface area (Å²) in [5, 5.41) is 11.5. The number of carbonyl (C=O) groups is 3. The molecule has 8 nitrogen and oxygen atoms in total. The molecule has 0 bridgehead atoms. The van der Waals surface area contributed by atoms with Gasteiger partial charge in [-0.05, 0) is 60.8 Å². The maximum absolute atomic E-state index is 11.7. The lowest BCUT2D eigenvalue weighted by Crippen LogP contribution is -2.43. The van der Waals surface area contributed by atoms with Gasteiger partial charge >= 0.3 is 18.0 Å². The predicted octanol–water partition coefficient (Wildman–Crippen LogP) is 1.80. The van der Waals surface area contributed by atoms with E-state index in [2.05, 4.69) is 5.32 Å². The van der Waals surface area contributed by atoms with Crippen LogP contribution in [0.25, 0.3) is 0 Å². The Morgan fingerprint density at radius 2 is 1.50 bits per heavy atom. The third-order valence-electron chi connectivity index (χ3n) is 2.71. The largest absolute Gasteiger partial charge is 0.480 e. The Morgan fingerprint density at radius 1 is 1.00 bits per heavy atom. The molecule has 0 aromatic carbocycles. The van der Waals surface area contributed by atoms with E-state index < -0.39 is 41.3 Å². The third-order valence-corrected chi connectivity index (χ3v) is 2.71. The van der Waals surface area contributed by atoms with Crippen molar-refractivity contribution in [2.45, 2.75) is 84.1 Å². The number of aliphatic carboxylic acids is 1. The summed E-state index contributed by atoms with van der Waals surface area (Å²) in [6.45, 7) is 10.3. The number of alkyl carbamates (subject to hydrolysis) is 1. The molecule has 4 N–H and O–H groups in total. The highest BCUT2D eigenvalue weighted by atomic mass is 16.6. The van der Waals surface area contributed by atoms with Crippen molar-refractivity contribution in [3.63, 3.8) is 0 Å². The maximum Gasteiger partial charge on any atom is 0.408 e. The Bertz CT molecular complexity index is 450. The number of amides is 1. The molecule has 0 radical (unpaired) electrons. The lowest BCUT2D eigenvalue weighted by atomic mass is 10.1. The topological polar surface area (TPSA) is 128 Å². The van der Waals surface area contributed by atoms with Gasteiger partial charge in [0.15, 0.2) is 0 Å². The molecule has 0 aromatic heterocycles. The van der Waals surface area contributed by atoms with E-state index >= 15 is 0 Å². The van der Waals surface area contributed by atoms with Crippen molar-refractivity contribution in [2.75, 3.05) is 0 Å². The van der Waals surface area contributed by atoms with E-state index in [0.29, 0.717) is 6.42 Å². The molecule has 0 aliphatic carbocycles. The zero-order valence-corrected chi connectivity index (χ0v) is 15.3. The molecule has 2 atom stereocenters. The molecule has 0 aromatic rings. The lowest BCUT2D eigenvalue weighted by molar-refractivity contribution is -0.156. The normalized spacial score (nSPS) is 14.5. The van der Waals surface area contributed by atoms with Crippen molar-refractivity contribution in [1.29, 1.82) is 0 Å². The van der Waals surface area contributed by atoms with Crippen LogP contribution >= 0.6 is 0 Å². The van der Waals surface area contributed by atoms with Gasteiger partial charge in [-0.1, -0.05) is 0 Å². The molecule has 8 heteroatoms. The second-order valence-corrected chi connectivity index (χ2v) is 7.61. The van der Waals surface area contributed by atoms with Crippen LogP contribution < -0.4 is 11.1 Å². The minimum Gasteiger partial charge on any atom is -0.480 e. The Morgan fingerprint density at radius 3 is 1.92 bits per heavy atom. The Hall–Kier alpha value is -1.83. The van der Waals surface area contributed by atoms with Crippen LogP contribution in [0.2, 0.25) is 0 Å². The number of ether oxygens (including phenoxy) is 2. The highest BCUT2D eigenvalue weighted by Gasteiger charge is 2.25. The molecule has 0 heterocycles. The van der Waals surface area contributed by atoms with Crippen molar-refractivity contribution in [2.24, 2.45) is 5.73 Å². The summed E-state index contributed by atoms with van der Waals surface area (Å²) >= 11 is 0. The van der Waals surface area contributed by atoms with Crippen molar-refractivity contribution in [3.8, 4) is 0 Å². The zero-order chi connectivity index (χ0) is 19.1. The SMILES string of the molecule is CC(C)(C)OC(=O)N[C@@H](CCC[C@H](N)C(=O)OC(C)(C)C)C(=O)O. The van der Waals surface area contributed by atoms with E-state index in [1.807, 2.05) is 0 Å². The van der Waals surface area contributed by atoms with E-state index in [-0.39, 0.29) is 12.8 Å². The van der Waals surface area contributed by atoms with Crippen LogP contribution in [0.3, 0.4) is 0 Å². The van der Waals surface area contributed by atoms with Crippen molar-refractivity contribution in [3.05, 3.63) is 0 Å². The fourth-order valence-electron chi connectivity index (χ4n) is 1.74. The van der Waals surface area contributed by atoms with E-state index in [1.165, 1.54) is 0 Å². The number of nitrogens with two attached hydrogens (primary N) is 1. The average molecular weight is 346 g/mol. The van der Waals surface area contributed by atoms with E-state index in [0.717, 1.165) is 0 Å². The first kappa shape index (κ1) is 22.2. The van der Waals surface area contributed by atoms with Gasteiger partial charge in [-0.2, -0.15) is 0 Å². The number of carboxylic acids is 1. The van der Waals surface area contributed by atoms with Gasteiger partial charge in [-0.15, -0.1) is 0 Å². The number of rotatable bonds is 7. The van der Waals surface area contributed by atoms with E-state index in [1.54, 1.807) is 41.5 Å². The van der Waals surface area contributed by atoms with Gasteiger partial charge in [0.05, 0.1) is 0 Å². The second kappa shape index (κ2) is 8.86. The van der Waals surface area contributed by atoms with Gasteiger partial charge < -0.3 is 25.6 Å². The second-order valence-electron chi connectivity index (χ2n) is 7.61. The number of esters is 1. The monoisotopic (exact) mass is 346 g/mol. The summed E-state index contributed by atoms with van der Waals surface area (Å²) < 4.78 is 10.2. The molecular formula is C16H30N2O6. The first-order valence-electron chi connectivity index (χ1n) is 7.92. The van der Waals surface area contributed by atoms with Gasteiger partial charge in [-0.25, -0.2) is 9.59 Å². The van der Waals surface area contributed by atoms with Gasteiger partial charge in [0, 0.05) is 0 Å². The Kier molecular flexibility index (Phi) is 8.19. The molecular weight excluding hydrogens is 316 g/mol. The number of carbonyl (C=O) groups excluding carboxylic acids is 2. The summed E-state index contributed by atoms with van der Waals surface area (Å²) in [7, 11) is 0. The quantitative estimate of drug-likeness (QED) is 0.600. The number of carboxylic acid groups (broad SMARTS) is 1. The first-order valence-corrected chi connectivity index (χ1v) is 7.92. The smallest absolute Gasteiger partial charge is 0.408 e. The van der Waals surface area contributed by atoms with Crippen molar-refractivity contribution in [1.82, 2.24) is 5.32 Å². The highest BCUT2D eigenvalue weighted by molar-refractivity contribution is 5.80. The molecule has 0 aliphatic heterocycles. The highest BCUT2D eigenvalue weighted by Crippen LogP contribution is 2.12. The van der Waals surface area contributed by atoms with Crippen LogP contribution in [0, 0.1) is 0 Å². The number of hydrogen-bond donors (Lipinski definition) is 3. The van der Waals surface area contributed by atoms with Gasteiger partial charge in [0.1, 0.15) is 23.3 Å². The lowest BCUT2D eigenvalue weighted by Gasteiger charge is -2.23. The standard InChI is InChI=1S/C16H30N2O6/c1-15(2,3)23-13(21)10(17)8-7-9-11(12(19)20)18-14(22)24-16(4,5)6/h10-11H,7-9,17H2,1-6H3,(H,18,22)(H,19,20)/t10-,11-/m0/s1. The Balaban J connectivity index is 4.39. The summed E-state index contributed by atoms with van der Waals surface area (Å²) in [4.78, 5) is 34.6. The molecule has 0 unspecified atom stereocenters. The van der Waals surface area contributed by atoms with Crippen molar-refractivity contribution >= 4 is 18.0 Å². The van der Waals surface area contributed by atoms with Crippen LogP contribution in [0.5, 0.6) is 0 Å². The molecule has 0 saturated heterocycles. The molecule has 0 saturated carbocycles. The minimum absolute atomic E-state index is 0.130.